The van der Waals surface area contributed by atoms with Crippen LogP contribution in [0.5, 0.6) is 0 Å². The van der Waals surface area contributed by atoms with Gasteiger partial charge in [-0.15, -0.1) is 18.2 Å². The molecular weight excluding hydrogens is 272 g/mol. The lowest BCUT2D eigenvalue weighted by atomic mass is 9.81. The van der Waals surface area contributed by atoms with Crippen LogP contribution in [-0.4, -0.2) is 15.1 Å². The molecule has 0 unspecified atom stereocenters. The van der Waals surface area contributed by atoms with Gasteiger partial charge in [0, 0.05) is 10.5 Å². The van der Waals surface area contributed by atoms with Crippen molar-refractivity contribution >= 4 is 27.7 Å². The molecule has 98 valence electrons. The smallest absolute Gasteiger partial charge is 0.449 e. The molecule has 0 radical (unpaired) electrons. The van der Waals surface area contributed by atoms with Crippen LogP contribution in [0.25, 0.3) is 0 Å². The van der Waals surface area contributed by atoms with E-state index in [4.69, 9.17) is 0 Å². The van der Waals surface area contributed by atoms with E-state index in [9.17, 15) is 12.9 Å². The molecule has 0 saturated carbocycles. The van der Waals surface area contributed by atoms with Crippen LogP contribution < -0.4 is 0 Å². The van der Waals surface area contributed by atoms with Crippen molar-refractivity contribution in [3.63, 3.8) is 0 Å². The Balaban J connectivity index is 3.04. The Morgan fingerprint density at radius 3 is 2.28 bits per heavy atom. The maximum absolute atomic E-state index is 12.4. The summed E-state index contributed by atoms with van der Waals surface area (Å²) in [5.74, 6) is 2.95. The van der Waals surface area contributed by atoms with Crippen LogP contribution in [0, 0.1) is 11.5 Å². The monoisotopic (exact) mass is 287 g/mol. The van der Waals surface area contributed by atoms with E-state index in [0.717, 1.165) is 0 Å². The number of halogens is 3. The lowest BCUT2D eigenvalue weighted by Crippen LogP contribution is -2.19. The van der Waals surface area contributed by atoms with Crippen molar-refractivity contribution in [2.45, 2.75) is 30.9 Å². The van der Waals surface area contributed by atoms with Gasteiger partial charge in [-0.1, -0.05) is 37.4 Å². The van der Waals surface area contributed by atoms with Crippen LogP contribution >= 0.6 is 12.6 Å². The molecule has 18 heavy (non-hydrogen) atoms. The Morgan fingerprint density at radius 2 is 1.78 bits per heavy atom. The van der Waals surface area contributed by atoms with E-state index in [1.54, 1.807) is 6.07 Å². The van der Waals surface area contributed by atoms with Gasteiger partial charge in [0.25, 0.3) is 0 Å². The summed E-state index contributed by atoms with van der Waals surface area (Å²) >= 11 is 4.12. The van der Waals surface area contributed by atoms with Gasteiger partial charge in [-0.2, -0.15) is 0 Å². The van der Waals surface area contributed by atoms with Gasteiger partial charge in [0.1, 0.15) is 8.07 Å². The second-order valence-corrected chi connectivity index (χ2v) is 10.6. The van der Waals surface area contributed by atoms with Gasteiger partial charge in [-0.25, -0.2) is 0 Å². The van der Waals surface area contributed by atoms with Crippen LogP contribution in [0.1, 0.15) is 11.1 Å². The van der Waals surface area contributed by atoms with Crippen LogP contribution in [0.3, 0.4) is 0 Å². The molecule has 1 aromatic carbocycles. The van der Waals surface area contributed by atoms with E-state index in [2.05, 4.69) is 43.7 Å². The van der Waals surface area contributed by atoms with Crippen molar-refractivity contribution in [1.82, 2.24) is 0 Å². The molecule has 0 aromatic heterocycles. The first-order valence-corrected chi connectivity index (χ1v) is 9.57. The fourth-order valence-electron chi connectivity index (χ4n) is 1.39. The summed E-state index contributed by atoms with van der Waals surface area (Å²) in [7, 11) is -1.53. The minimum absolute atomic E-state index is 0.231. The molecular formula is C12H15BF3SSi-. The average Bonchev–Trinajstić information content (AvgIpc) is 2.09. The average molecular weight is 287 g/mol. The summed E-state index contributed by atoms with van der Waals surface area (Å²) in [6, 6.07) is 4.64. The Bertz CT molecular complexity index is 495. The second kappa shape index (κ2) is 5.45. The van der Waals surface area contributed by atoms with Gasteiger partial charge in [-0.05, 0) is 18.2 Å². The van der Waals surface area contributed by atoms with Gasteiger partial charge < -0.3 is 12.9 Å². The van der Waals surface area contributed by atoms with Crippen LogP contribution in [0.15, 0.2) is 23.1 Å². The van der Waals surface area contributed by atoms with Gasteiger partial charge in [0.05, 0.1) is 0 Å². The fraction of sp³-hybridized carbons (Fsp3) is 0.333. The summed E-state index contributed by atoms with van der Waals surface area (Å²) in [6.07, 6.45) is -0.879. The molecule has 0 aliphatic heterocycles. The molecule has 0 nitrogen and oxygen atoms in total. The first kappa shape index (κ1) is 15.3. The van der Waals surface area contributed by atoms with E-state index in [1.807, 2.05) is 0 Å². The molecule has 1 aromatic rings. The van der Waals surface area contributed by atoms with Crippen molar-refractivity contribution in [3.8, 4) is 11.5 Å². The number of rotatable bonds is 2. The predicted molar refractivity (Wildman–Crippen MR) is 76.7 cm³/mol. The third-order valence-corrected chi connectivity index (χ3v) is 3.16. The SMILES string of the molecule is C[Si](C)(C)C#Cc1cc(S)cc(C[B-](F)(F)F)c1. The first-order valence-electron chi connectivity index (χ1n) is 5.62. The predicted octanol–water partition coefficient (Wildman–Crippen LogP) is 4.13. The number of thiol groups is 1. The highest BCUT2D eigenvalue weighted by Gasteiger charge is 2.23. The highest BCUT2D eigenvalue weighted by molar-refractivity contribution is 7.80. The van der Waals surface area contributed by atoms with Crippen LogP contribution in [-0.2, 0) is 6.32 Å². The standard InChI is InChI=1S/C12H15BF3SSi/c1-18(2,3)5-4-10-6-11(8-12(17)7-10)9-13(14,15)16/h6-8,17H,9H2,1-3H3/q-1. The maximum Gasteiger partial charge on any atom is 0.482 e. The van der Waals surface area contributed by atoms with Crippen molar-refractivity contribution < 1.29 is 12.9 Å². The molecule has 0 aliphatic carbocycles. The summed E-state index contributed by atoms with van der Waals surface area (Å²) < 4.78 is 37.2. The van der Waals surface area contributed by atoms with Gasteiger partial charge in [0.15, 0.2) is 0 Å². The number of hydrogen-bond donors (Lipinski definition) is 1. The van der Waals surface area contributed by atoms with E-state index in [1.165, 1.54) is 12.1 Å². The third kappa shape index (κ3) is 6.22. The van der Waals surface area contributed by atoms with Gasteiger partial charge in [-0.3, -0.25) is 0 Å². The van der Waals surface area contributed by atoms with Crippen molar-refractivity contribution in [3.05, 3.63) is 29.3 Å². The molecule has 0 bridgehead atoms. The second-order valence-electron chi connectivity index (χ2n) is 5.30. The summed E-state index contributed by atoms with van der Waals surface area (Å²) in [6.45, 7) is 1.44. The van der Waals surface area contributed by atoms with Crippen molar-refractivity contribution in [2.24, 2.45) is 0 Å². The largest absolute Gasteiger partial charge is 0.482 e. The highest BCUT2D eigenvalue weighted by atomic mass is 32.1. The maximum atomic E-state index is 12.4. The molecule has 0 saturated heterocycles. The lowest BCUT2D eigenvalue weighted by Gasteiger charge is -2.14. The molecule has 0 spiro atoms. The third-order valence-electron chi connectivity index (χ3n) is 2.03. The van der Waals surface area contributed by atoms with Crippen molar-refractivity contribution in [2.75, 3.05) is 0 Å². The molecule has 6 heteroatoms. The molecule has 0 heterocycles. The minimum atomic E-state index is -4.82. The lowest BCUT2D eigenvalue weighted by molar-refractivity contribution is 0.468. The van der Waals surface area contributed by atoms with E-state index >= 15 is 0 Å². The Hall–Kier alpha value is -0.798. The Labute approximate surface area is 112 Å². The summed E-state index contributed by atoms with van der Waals surface area (Å²) in [5.41, 5.74) is 3.98. The van der Waals surface area contributed by atoms with E-state index < -0.39 is 21.4 Å². The van der Waals surface area contributed by atoms with Gasteiger partial charge in [0.2, 0.25) is 0 Å². The zero-order chi connectivity index (χ0) is 14.0. The topological polar surface area (TPSA) is 0 Å². The van der Waals surface area contributed by atoms with E-state index in [0.29, 0.717) is 10.5 Å². The molecule has 0 aliphatic rings. The minimum Gasteiger partial charge on any atom is -0.449 e. The molecule has 0 fully saturated rings. The molecule has 0 atom stereocenters. The molecule has 0 amide bonds. The van der Waals surface area contributed by atoms with E-state index in [-0.39, 0.29) is 5.56 Å². The summed E-state index contributed by atoms with van der Waals surface area (Å²) in [5, 5.41) is 0. The van der Waals surface area contributed by atoms with Crippen LogP contribution in [0.4, 0.5) is 12.9 Å². The fourth-order valence-corrected chi connectivity index (χ4v) is 2.22. The molecule has 1 rings (SSSR count). The zero-order valence-corrected chi connectivity index (χ0v) is 12.5. The highest BCUT2D eigenvalue weighted by Crippen LogP contribution is 2.20. The Kier molecular flexibility index (Phi) is 4.62. The Morgan fingerprint density at radius 1 is 1.17 bits per heavy atom. The molecule has 0 N–H and O–H groups in total. The normalized spacial score (nSPS) is 11.9. The van der Waals surface area contributed by atoms with Gasteiger partial charge >= 0.3 is 6.98 Å². The number of hydrogen-bond acceptors (Lipinski definition) is 1. The number of benzene rings is 1. The van der Waals surface area contributed by atoms with Crippen molar-refractivity contribution in [1.29, 1.82) is 0 Å². The quantitative estimate of drug-likeness (QED) is 0.472. The zero-order valence-electron chi connectivity index (χ0n) is 10.6. The van der Waals surface area contributed by atoms with Crippen LogP contribution in [0.2, 0.25) is 19.6 Å². The first-order chi connectivity index (χ1) is 8.05. The summed E-state index contributed by atoms with van der Waals surface area (Å²) in [4.78, 5) is 0.521.